The first-order chi connectivity index (χ1) is 7.08. The third kappa shape index (κ3) is 7.31. The maximum Gasteiger partial charge on any atom is 0.247 e. The molecule has 0 bridgehead atoms. The Kier molecular flexibility index (Phi) is 8.77. The molecule has 0 spiro atoms. The number of hydrogen-bond donors (Lipinski definition) is 0. The lowest BCUT2D eigenvalue weighted by Crippen LogP contribution is -1.93. The van der Waals surface area contributed by atoms with Gasteiger partial charge >= 0.3 is 0 Å². The Balaban J connectivity index is 4.23. The largest absolute Gasteiger partial charge is 0.322 e. The zero-order valence-corrected chi connectivity index (χ0v) is 12.1. The summed E-state index contributed by atoms with van der Waals surface area (Å²) < 4.78 is 11.0. The van der Waals surface area contributed by atoms with Crippen LogP contribution in [0.1, 0.15) is 20.8 Å². The third-order valence-electron chi connectivity index (χ3n) is 1.43. The molecule has 0 aliphatic rings. The Morgan fingerprint density at radius 2 is 1.93 bits per heavy atom. The molecule has 0 aliphatic carbocycles. The predicted octanol–water partition coefficient (Wildman–Crippen LogP) is 4.15. The fraction of sp³-hybridized carbons (Fsp3) is 0.600. The summed E-state index contributed by atoms with van der Waals surface area (Å²) in [5.41, 5.74) is -0.896. The zero-order chi connectivity index (χ0) is 11.7. The highest BCUT2D eigenvalue weighted by atomic mass is 32.9. The topological polar surface area (TPSA) is 18.5 Å². The van der Waals surface area contributed by atoms with Crippen molar-refractivity contribution in [3.8, 4) is 0 Å². The van der Waals surface area contributed by atoms with E-state index in [1.807, 2.05) is 26.8 Å². The van der Waals surface area contributed by atoms with E-state index in [1.165, 1.54) is 5.57 Å². The first-order valence-electron chi connectivity index (χ1n) is 4.89. The summed E-state index contributed by atoms with van der Waals surface area (Å²) in [4.78, 5) is 0. The van der Waals surface area contributed by atoms with Crippen LogP contribution in [0.25, 0.3) is 0 Å². The van der Waals surface area contributed by atoms with Gasteiger partial charge in [0.1, 0.15) is 0 Å². The third-order valence-corrected chi connectivity index (χ3v) is 7.03. The average molecular weight is 266 g/mol. The van der Waals surface area contributed by atoms with Crippen molar-refractivity contribution in [1.29, 1.82) is 0 Å². The molecule has 0 fully saturated rings. The average Bonchev–Trinajstić information content (AvgIpc) is 2.16. The summed E-state index contributed by atoms with van der Waals surface area (Å²) in [6.45, 7) is 10.8. The van der Waals surface area contributed by atoms with Crippen LogP contribution < -0.4 is 0 Å². The molecule has 0 saturated carbocycles. The molecule has 0 radical (unpaired) electrons. The molecule has 0 heterocycles. The van der Waals surface area contributed by atoms with Crippen LogP contribution in [0.2, 0.25) is 0 Å². The lowest BCUT2D eigenvalue weighted by molar-refractivity contribution is 0.280. The standard InChI is InChI=1S/C10H19O2PS2/c1-5-8-10(4)9-15-13(14,11-6-2)12-7-3/h5,8H,1,6-7,9H2,2-4H3. The van der Waals surface area contributed by atoms with Crippen molar-refractivity contribution < 1.29 is 9.05 Å². The van der Waals surface area contributed by atoms with Crippen molar-refractivity contribution in [2.75, 3.05) is 19.0 Å². The van der Waals surface area contributed by atoms with E-state index in [0.717, 1.165) is 5.75 Å². The molecule has 0 N–H and O–H groups in total. The Morgan fingerprint density at radius 1 is 1.40 bits per heavy atom. The summed E-state index contributed by atoms with van der Waals surface area (Å²) in [7, 11) is 0. The van der Waals surface area contributed by atoms with Gasteiger partial charge in [0.2, 0.25) is 5.69 Å². The van der Waals surface area contributed by atoms with E-state index in [4.69, 9.17) is 20.9 Å². The number of rotatable bonds is 8. The molecule has 0 amide bonds. The fourth-order valence-corrected chi connectivity index (χ4v) is 5.44. The first kappa shape index (κ1) is 15.4. The van der Waals surface area contributed by atoms with E-state index in [-0.39, 0.29) is 0 Å². The second kappa shape index (κ2) is 8.54. The fourth-order valence-electron chi connectivity index (χ4n) is 0.858. The molecule has 0 atom stereocenters. The second-order valence-electron chi connectivity index (χ2n) is 2.80. The lowest BCUT2D eigenvalue weighted by atomic mass is 10.3. The van der Waals surface area contributed by atoms with Crippen molar-refractivity contribution >= 4 is 28.9 Å². The molecule has 5 heteroatoms. The van der Waals surface area contributed by atoms with Crippen molar-refractivity contribution in [3.05, 3.63) is 24.3 Å². The van der Waals surface area contributed by atoms with Crippen molar-refractivity contribution in [2.24, 2.45) is 0 Å². The van der Waals surface area contributed by atoms with Crippen LogP contribution in [0, 0.1) is 0 Å². The molecule has 0 aromatic heterocycles. The molecule has 0 rings (SSSR count). The number of hydrogen-bond acceptors (Lipinski definition) is 4. The van der Waals surface area contributed by atoms with Crippen LogP contribution in [0.3, 0.4) is 0 Å². The van der Waals surface area contributed by atoms with E-state index in [2.05, 4.69) is 6.58 Å². The first-order valence-corrected chi connectivity index (χ1v) is 9.12. The Bertz CT molecular complexity index is 254. The molecule has 0 unspecified atom stereocenters. The maximum atomic E-state index is 5.51. The van der Waals surface area contributed by atoms with Gasteiger partial charge in [0.25, 0.3) is 0 Å². The summed E-state index contributed by atoms with van der Waals surface area (Å²) in [6.07, 6.45) is 3.76. The minimum atomic E-state index is -2.12. The molecule has 2 nitrogen and oxygen atoms in total. The minimum absolute atomic E-state index is 0.606. The second-order valence-corrected chi connectivity index (χ2v) is 9.11. The van der Waals surface area contributed by atoms with E-state index < -0.39 is 5.69 Å². The monoisotopic (exact) mass is 266 g/mol. The molecule has 0 saturated heterocycles. The van der Waals surface area contributed by atoms with Gasteiger partial charge in [-0.2, -0.15) is 0 Å². The molecule has 0 aliphatic heterocycles. The van der Waals surface area contributed by atoms with Gasteiger partial charge in [-0.15, -0.1) is 0 Å². The van der Waals surface area contributed by atoms with E-state index in [9.17, 15) is 0 Å². The van der Waals surface area contributed by atoms with Gasteiger partial charge in [0.05, 0.1) is 13.2 Å². The normalized spacial score (nSPS) is 12.9. The lowest BCUT2D eigenvalue weighted by Gasteiger charge is -2.19. The Hall–Kier alpha value is 0.400. The summed E-state index contributed by atoms with van der Waals surface area (Å²) in [5.74, 6) is 0.837. The summed E-state index contributed by atoms with van der Waals surface area (Å²) >= 11 is 6.97. The van der Waals surface area contributed by atoms with E-state index in [0.29, 0.717) is 13.2 Å². The predicted molar refractivity (Wildman–Crippen MR) is 73.9 cm³/mol. The van der Waals surface area contributed by atoms with E-state index in [1.54, 1.807) is 17.5 Å². The molecular formula is C10H19O2PS2. The summed E-state index contributed by atoms with van der Waals surface area (Å²) in [6, 6.07) is 0. The van der Waals surface area contributed by atoms with Gasteiger partial charge < -0.3 is 9.05 Å². The highest BCUT2D eigenvalue weighted by Crippen LogP contribution is 2.61. The van der Waals surface area contributed by atoms with Gasteiger partial charge in [0.15, 0.2) is 0 Å². The van der Waals surface area contributed by atoms with Crippen LogP contribution >= 0.6 is 17.1 Å². The zero-order valence-electron chi connectivity index (χ0n) is 9.56. The SMILES string of the molecule is C=CC=C(C)CSP(=S)(OCC)OCC. The molecular weight excluding hydrogens is 247 g/mol. The van der Waals surface area contributed by atoms with Crippen LogP contribution in [0.5, 0.6) is 0 Å². The highest BCUT2D eigenvalue weighted by molar-refractivity contribution is 8.67. The van der Waals surface area contributed by atoms with Gasteiger partial charge in [-0.1, -0.05) is 35.7 Å². The van der Waals surface area contributed by atoms with Gasteiger partial charge in [0, 0.05) is 5.75 Å². The highest BCUT2D eigenvalue weighted by Gasteiger charge is 2.18. The molecule has 0 aromatic rings. The van der Waals surface area contributed by atoms with Gasteiger partial charge in [-0.3, -0.25) is 0 Å². The quantitative estimate of drug-likeness (QED) is 0.485. The van der Waals surface area contributed by atoms with Crippen LogP contribution in [-0.2, 0) is 20.9 Å². The Labute approximate surface area is 102 Å². The van der Waals surface area contributed by atoms with Crippen LogP contribution in [-0.4, -0.2) is 19.0 Å². The van der Waals surface area contributed by atoms with Crippen molar-refractivity contribution in [2.45, 2.75) is 20.8 Å². The molecule has 0 aromatic carbocycles. The minimum Gasteiger partial charge on any atom is -0.322 e. The van der Waals surface area contributed by atoms with Crippen molar-refractivity contribution in [3.63, 3.8) is 0 Å². The maximum absolute atomic E-state index is 5.51. The van der Waals surface area contributed by atoms with Crippen LogP contribution in [0.15, 0.2) is 24.3 Å². The number of allylic oxidation sites excluding steroid dienone is 2. The van der Waals surface area contributed by atoms with Crippen molar-refractivity contribution in [1.82, 2.24) is 0 Å². The molecule has 88 valence electrons. The Morgan fingerprint density at radius 3 is 2.33 bits per heavy atom. The smallest absolute Gasteiger partial charge is 0.247 e. The van der Waals surface area contributed by atoms with E-state index >= 15 is 0 Å². The molecule has 15 heavy (non-hydrogen) atoms. The summed E-state index contributed by atoms with van der Waals surface area (Å²) in [5, 5.41) is 0. The van der Waals surface area contributed by atoms with Gasteiger partial charge in [-0.05, 0) is 32.6 Å². The van der Waals surface area contributed by atoms with Crippen LogP contribution in [0.4, 0.5) is 0 Å². The van der Waals surface area contributed by atoms with Gasteiger partial charge in [-0.25, -0.2) is 0 Å².